The van der Waals surface area contributed by atoms with Crippen LogP contribution in [0.5, 0.6) is 0 Å². The second kappa shape index (κ2) is 3.94. The Labute approximate surface area is 92.9 Å². The van der Waals surface area contributed by atoms with Crippen molar-refractivity contribution in [3.63, 3.8) is 0 Å². The maximum absolute atomic E-state index is 12.6. The number of aryl methyl sites for hydroxylation is 1. The molecule has 2 aromatic rings. The van der Waals surface area contributed by atoms with Crippen LogP contribution in [0.15, 0.2) is 30.3 Å². The molecule has 0 aliphatic carbocycles. The molecular weight excluding hydrogens is 206 g/mol. The molecule has 0 aromatic heterocycles. The van der Waals surface area contributed by atoms with E-state index < -0.39 is 6.43 Å². The van der Waals surface area contributed by atoms with E-state index in [1.165, 1.54) is 12.1 Å². The minimum Gasteiger partial charge on any atom is -0.205 e. The maximum atomic E-state index is 12.6. The van der Waals surface area contributed by atoms with Gasteiger partial charge in [-0.1, -0.05) is 18.1 Å². The zero-order valence-corrected chi connectivity index (χ0v) is 8.80. The summed E-state index contributed by atoms with van der Waals surface area (Å²) < 4.78 is 25.2. The Morgan fingerprint density at radius 1 is 1.25 bits per heavy atom. The highest BCUT2D eigenvalue weighted by Crippen LogP contribution is 2.28. The lowest BCUT2D eigenvalue weighted by Gasteiger charge is -2.08. The summed E-state index contributed by atoms with van der Waals surface area (Å²) in [6, 6.07) is 8.39. The number of benzene rings is 2. The molecule has 0 unspecified atom stereocenters. The molecule has 0 aliphatic heterocycles. The third-order valence-electron chi connectivity index (χ3n) is 2.60. The van der Waals surface area contributed by atoms with Gasteiger partial charge in [0.2, 0.25) is 0 Å². The molecule has 0 bridgehead atoms. The third-order valence-corrected chi connectivity index (χ3v) is 2.60. The van der Waals surface area contributed by atoms with Crippen molar-refractivity contribution in [2.75, 3.05) is 0 Å². The van der Waals surface area contributed by atoms with Crippen LogP contribution in [-0.4, -0.2) is 0 Å². The van der Waals surface area contributed by atoms with Crippen LogP contribution in [-0.2, 0) is 0 Å². The Morgan fingerprint density at radius 2 is 2.00 bits per heavy atom. The van der Waals surface area contributed by atoms with Crippen molar-refractivity contribution in [1.82, 2.24) is 0 Å². The zero-order chi connectivity index (χ0) is 11.7. The van der Waals surface area contributed by atoms with Crippen molar-refractivity contribution in [2.24, 2.45) is 0 Å². The second-order valence-corrected chi connectivity index (χ2v) is 3.69. The first-order valence-electron chi connectivity index (χ1n) is 4.91. The lowest BCUT2D eigenvalue weighted by Crippen LogP contribution is -1.90. The van der Waals surface area contributed by atoms with Crippen molar-refractivity contribution in [3.05, 3.63) is 47.0 Å². The van der Waals surface area contributed by atoms with Crippen molar-refractivity contribution >= 4 is 10.8 Å². The van der Waals surface area contributed by atoms with E-state index >= 15 is 0 Å². The first-order chi connectivity index (χ1) is 7.63. The normalized spacial score (nSPS) is 10.7. The molecular formula is C14H10F2. The van der Waals surface area contributed by atoms with Gasteiger partial charge >= 0.3 is 0 Å². The molecule has 0 saturated carbocycles. The minimum atomic E-state index is -2.45. The van der Waals surface area contributed by atoms with Gasteiger partial charge in [-0.2, -0.15) is 0 Å². The van der Waals surface area contributed by atoms with Crippen molar-refractivity contribution in [3.8, 4) is 12.3 Å². The van der Waals surface area contributed by atoms with Crippen LogP contribution < -0.4 is 0 Å². The van der Waals surface area contributed by atoms with Crippen LogP contribution in [0.4, 0.5) is 8.78 Å². The van der Waals surface area contributed by atoms with E-state index in [4.69, 9.17) is 6.42 Å². The molecule has 0 spiro atoms. The number of hydrogen-bond donors (Lipinski definition) is 0. The van der Waals surface area contributed by atoms with Gasteiger partial charge in [0, 0.05) is 16.5 Å². The highest BCUT2D eigenvalue weighted by Gasteiger charge is 2.10. The van der Waals surface area contributed by atoms with E-state index in [2.05, 4.69) is 5.92 Å². The molecule has 0 nitrogen and oxygen atoms in total. The Morgan fingerprint density at radius 3 is 2.62 bits per heavy atom. The smallest absolute Gasteiger partial charge is 0.205 e. The molecule has 0 amide bonds. The third kappa shape index (κ3) is 1.65. The van der Waals surface area contributed by atoms with Crippen LogP contribution in [0, 0.1) is 19.3 Å². The largest absolute Gasteiger partial charge is 0.263 e. The molecule has 0 radical (unpaired) electrons. The SMILES string of the molecule is C#Cc1cccc2cc(C(F)F)cc(C)c12. The van der Waals surface area contributed by atoms with Crippen molar-refractivity contribution in [2.45, 2.75) is 13.3 Å². The van der Waals surface area contributed by atoms with E-state index in [-0.39, 0.29) is 5.56 Å². The standard InChI is InChI=1S/C14H10F2/c1-3-10-5-4-6-11-8-12(14(15)16)7-9(2)13(10)11/h1,4-8,14H,2H3. The van der Waals surface area contributed by atoms with Crippen LogP contribution in [0.3, 0.4) is 0 Å². The summed E-state index contributed by atoms with van der Waals surface area (Å²) in [7, 11) is 0. The van der Waals surface area contributed by atoms with Gasteiger partial charge in [-0.05, 0) is 36.1 Å². The molecule has 0 heterocycles. The summed E-state index contributed by atoms with van der Waals surface area (Å²) in [4.78, 5) is 0. The van der Waals surface area contributed by atoms with Gasteiger partial charge in [-0.15, -0.1) is 6.42 Å². The molecule has 2 aromatic carbocycles. The van der Waals surface area contributed by atoms with Crippen LogP contribution in [0.2, 0.25) is 0 Å². The van der Waals surface area contributed by atoms with Gasteiger partial charge in [0.15, 0.2) is 0 Å². The number of halogens is 2. The molecule has 16 heavy (non-hydrogen) atoms. The molecule has 80 valence electrons. The number of fused-ring (bicyclic) bond motifs is 1. The number of terminal acetylenes is 1. The average molecular weight is 216 g/mol. The molecule has 0 atom stereocenters. The predicted molar refractivity (Wildman–Crippen MR) is 61.6 cm³/mol. The molecule has 0 aliphatic rings. The van der Waals surface area contributed by atoms with Gasteiger partial charge in [-0.3, -0.25) is 0 Å². The van der Waals surface area contributed by atoms with Gasteiger partial charge in [0.1, 0.15) is 0 Å². The van der Waals surface area contributed by atoms with Gasteiger partial charge in [0.25, 0.3) is 6.43 Å². The molecule has 0 fully saturated rings. The van der Waals surface area contributed by atoms with Crippen LogP contribution >= 0.6 is 0 Å². The molecule has 0 saturated heterocycles. The number of alkyl halides is 2. The Kier molecular flexibility index (Phi) is 2.62. The highest BCUT2D eigenvalue weighted by atomic mass is 19.3. The quantitative estimate of drug-likeness (QED) is 0.630. The summed E-state index contributed by atoms with van der Waals surface area (Å²) >= 11 is 0. The monoisotopic (exact) mass is 216 g/mol. The number of rotatable bonds is 1. The fourth-order valence-electron chi connectivity index (χ4n) is 1.92. The highest BCUT2D eigenvalue weighted by molar-refractivity contribution is 5.91. The molecule has 0 N–H and O–H groups in total. The zero-order valence-electron chi connectivity index (χ0n) is 8.80. The fourth-order valence-corrected chi connectivity index (χ4v) is 1.92. The predicted octanol–water partition coefficient (Wildman–Crippen LogP) is 4.07. The van der Waals surface area contributed by atoms with Crippen LogP contribution in [0.1, 0.15) is 23.1 Å². The lowest BCUT2D eigenvalue weighted by atomic mass is 9.98. The Hall–Kier alpha value is -1.88. The Bertz CT molecular complexity index is 577. The van der Waals surface area contributed by atoms with Crippen molar-refractivity contribution < 1.29 is 8.78 Å². The van der Waals surface area contributed by atoms with Crippen molar-refractivity contribution in [1.29, 1.82) is 0 Å². The molecule has 2 rings (SSSR count). The van der Waals surface area contributed by atoms with Crippen LogP contribution in [0.25, 0.3) is 10.8 Å². The summed E-state index contributed by atoms with van der Waals surface area (Å²) in [5, 5.41) is 1.65. The van der Waals surface area contributed by atoms with E-state index in [0.717, 1.165) is 21.9 Å². The van der Waals surface area contributed by atoms with Gasteiger partial charge in [-0.25, -0.2) is 8.78 Å². The Balaban J connectivity index is 2.82. The summed E-state index contributed by atoms with van der Waals surface area (Å²) in [5.74, 6) is 2.57. The fraction of sp³-hybridized carbons (Fsp3) is 0.143. The van der Waals surface area contributed by atoms with E-state index in [1.54, 1.807) is 19.1 Å². The first-order valence-corrected chi connectivity index (χ1v) is 4.91. The lowest BCUT2D eigenvalue weighted by molar-refractivity contribution is 0.151. The van der Waals surface area contributed by atoms with E-state index in [0.29, 0.717) is 0 Å². The number of hydrogen-bond acceptors (Lipinski definition) is 0. The summed E-state index contributed by atoms with van der Waals surface area (Å²) in [5.41, 5.74) is 1.58. The van der Waals surface area contributed by atoms with E-state index in [1.807, 2.05) is 6.07 Å². The second-order valence-electron chi connectivity index (χ2n) is 3.69. The van der Waals surface area contributed by atoms with Gasteiger partial charge in [0.05, 0.1) is 0 Å². The van der Waals surface area contributed by atoms with Gasteiger partial charge < -0.3 is 0 Å². The summed E-state index contributed by atoms with van der Waals surface area (Å²) in [6.07, 6.45) is 2.94. The van der Waals surface area contributed by atoms with E-state index in [9.17, 15) is 8.78 Å². The first kappa shape index (κ1) is 10.6. The molecule has 2 heteroatoms. The topological polar surface area (TPSA) is 0 Å². The maximum Gasteiger partial charge on any atom is 0.263 e. The minimum absolute atomic E-state index is 0.0409. The summed E-state index contributed by atoms with van der Waals surface area (Å²) in [6.45, 7) is 1.80. The average Bonchev–Trinajstić information content (AvgIpc) is 2.27.